The number of carbonyl (C=O) groups is 1. The Bertz CT molecular complexity index is 603. The number of likely N-dealkylation sites (N-methyl/N-ethyl adjacent to an activating group) is 1. The molecule has 0 spiro atoms. The van der Waals surface area contributed by atoms with Crippen LogP contribution >= 0.6 is 24.8 Å². The third-order valence-corrected chi connectivity index (χ3v) is 5.14. The molecule has 1 rings (SSSR count). The average Bonchev–Trinajstić information content (AvgIpc) is 2.73. The van der Waals surface area contributed by atoms with Crippen molar-refractivity contribution in [3.8, 4) is 11.5 Å². The second-order valence-electron chi connectivity index (χ2n) is 8.13. The van der Waals surface area contributed by atoms with Gasteiger partial charge in [-0.1, -0.05) is 32.3 Å². The Hall–Kier alpha value is -1.21. The summed E-state index contributed by atoms with van der Waals surface area (Å²) in [6.07, 6.45) is 7.40. The number of nitrogens with one attached hydrogen (secondary N) is 1. The van der Waals surface area contributed by atoms with Crippen molar-refractivity contribution in [1.29, 1.82) is 0 Å². The van der Waals surface area contributed by atoms with E-state index in [4.69, 9.17) is 14.2 Å². The molecule has 0 fully saturated rings. The number of ether oxygens (including phenoxy) is 3. The molecule has 0 unspecified atom stereocenters. The van der Waals surface area contributed by atoms with E-state index in [1.807, 2.05) is 27.1 Å². The molecule has 1 N–H and O–H groups in total. The summed E-state index contributed by atoms with van der Waals surface area (Å²) in [6, 6.07) is 6.18. The highest BCUT2D eigenvalue weighted by Crippen LogP contribution is 2.29. The lowest BCUT2D eigenvalue weighted by molar-refractivity contribution is -0.124. The maximum Gasteiger partial charge on any atom is 0.222 e. The van der Waals surface area contributed by atoms with Crippen LogP contribution in [0.3, 0.4) is 0 Å². The van der Waals surface area contributed by atoms with E-state index in [0.717, 1.165) is 63.1 Å². The van der Waals surface area contributed by atoms with Gasteiger partial charge in [0.25, 0.3) is 0 Å². The molecule has 1 amide bonds. The first-order valence-electron chi connectivity index (χ1n) is 11.2. The average molecular weight is 496 g/mol. The molecule has 1 aromatic carbocycles. The SMILES string of the molecule is COCCCOc1cc(CCCCCC[C@@H](C)C(=O)NCCN(C)C)ccc1OC.Cl.Cl. The Kier molecular flexibility index (Phi) is 21.0. The van der Waals surface area contributed by atoms with Crippen LogP contribution in [0.1, 0.15) is 51.0 Å². The molecule has 0 aromatic heterocycles. The number of hydrogen-bond donors (Lipinski definition) is 1. The van der Waals surface area contributed by atoms with Gasteiger partial charge >= 0.3 is 0 Å². The van der Waals surface area contributed by atoms with Crippen LogP contribution in [-0.4, -0.2) is 65.4 Å². The maximum absolute atomic E-state index is 12.1. The van der Waals surface area contributed by atoms with Gasteiger partial charge in [0.15, 0.2) is 11.5 Å². The molecule has 0 aliphatic rings. The third-order valence-electron chi connectivity index (χ3n) is 5.14. The second kappa shape index (κ2) is 20.4. The van der Waals surface area contributed by atoms with Gasteiger partial charge in [-0.3, -0.25) is 4.79 Å². The van der Waals surface area contributed by atoms with E-state index in [1.54, 1.807) is 14.2 Å². The summed E-state index contributed by atoms with van der Waals surface area (Å²) in [5.74, 6) is 1.84. The summed E-state index contributed by atoms with van der Waals surface area (Å²) in [7, 11) is 7.39. The molecule has 1 atom stereocenters. The zero-order valence-corrected chi connectivity index (χ0v) is 22.1. The number of methoxy groups -OCH3 is 2. The Balaban J connectivity index is 0. The Morgan fingerprint density at radius 1 is 1.00 bits per heavy atom. The lowest BCUT2D eigenvalue weighted by Gasteiger charge is -2.14. The van der Waals surface area contributed by atoms with E-state index in [1.165, 1.54) is 12.0 Å². The first-order valence-corrected chi connectivity index (χ1v) is 11.2. The first-order chi connectivity index (χ1) is 14.5. The molecule has 0 aliphatic carbocycles. The molecular formula is C24H44Cl2N2O4. The van der Waals surface area contributed by atoms with Gasteiger partial charge in [0.1, 0.15) is 0 Å². The van der Waals surface area contributed by atoms with Crippen molar-refractivity contribution in [3.05, 3.63) is 23.8 Å². The zero-order valence-electron chi connectivity index (χ0n) is 20.5. The number of unbranched alkanes of at least 4 members (excludes halogenated alkanes) is 3. The molecule has 0 bridgehead atoms. The van der Waals surface area contributed by atoms with Crippen LogP contribution in [0.4, 0.5) is 0 Å². The smallest absolute Gasteiger partial charge is 0.222 e. The van der Waals surface area contributed by atoms with Gasteiger partial charge in [-0.2, -0.15) is 0 Å². The fourth-order valence-corrected chi connectivity index (χ4v) is 3.22. The molecule has 0 heterocycles. The number of aryl methyl sites for hydroxylation is 1. The fraction of sp³-hybridized carbons (Fsp3) is 0.708. The van der Waals surface area contributed by atoms with E-state index in [9.17, 15) is 4.79 Å². The topological polar surface area (TPSA) is 60.0 Å². The van der Waals surface area contributed by atoms with Crippen molar-refractivity contribution in [2.75, 3.05) is 54.6 Å². The van der Waals surface area contributed by atoms with Crippen molar-refractivity contribution in [3.63, 3.8) is 0 Å². The van der Waals surface area contributed by atoms with Gasteiger partial charge < -0.3 is 24.4 Å². The van der Waals surface area contributed by atoms with Crippen LogP contribution in [-0.2, 0) is 16.0 Å². The molecule has 0 saturated carbocycles. The number of rotatable bonds is 17. The van der Waals surface area contributed by atoms with Crippen LogP contribution in [0, 0.1) is 5.92 Å². The predicted molar refractivity (Wildman–Crippen MR) is 137 cm³/mol. The number of halogens is 2. The van der Waals surface area contributed by atoms with Gasteiger partial charge in [-0.05, 0) is 51.1 Å². The number of amides is 1. The zero-order chi connectivity index (χ0) is 22.2. The van der Waals surface area contributed by atoms with Crippen LogP contribution < -0.4 is 14.8 Å². The van der Waals surface area contributed by atoms with E-state index in [0.29, 0.717) is 13.2 Å². The number of hydrogen-bond acceptors (Lipinski definition) is 5. The highest BCUT2D eigenvalue weighted by molar-refractivity contribution is 5.85. The highest BCUT2D eigenvalue weighted by Gasteiger charge is 2.12. The quantitative estimate of drug-likeness (QED) is 0.316. The van der Waals surface area contributed by atoms with E-state index >= 15 is 0 Å². The van der Waals surface area contributed by atoms with Gasteiger partial charge in [-0.25, -0.2) is 0 Å². The highest BCUT2D eigenvalue weighted by atomic mass is 35.5. The summed E-state index contributed by atoms with van der Waals surface area (Å²) in [6.45, 7) is 4.93. The van der Waals surface area contributed by atoms with Crippen molar-refractivity contribution >= 4 is 30.7 Å². The third kappa shape index (κ3) is 14.8. The van der Waals surface area contributed by atoms with Crippen molar-refractivity contribution in [2.24, 2.45) is 5.92 Å². The summed E-state index contributed by atoms with van der Waals surface area (Å²) in [4.78, 5) is 14.1. The minimum Gasteiger partial charge on any atom is -0.493 e. The summed E-state index contributed by atoms with van der Waals surface area (Å²) < 4.78 is 16.3. The molecular weight excluding hydrogens is 451 g/mol. The minimum absolute atomic E-state index is 0. The van der Waals surface area contributed by atoms with Crippen molar-refractivity contribution < 1.29 is 19.0 Å². The monoisotopic (exact) mass is 494 g/mol. The lowest BCUT2D eigenvalue weighted by atomic mass is 10.00. The Morgan fingerprint density at radius 2 is 1.72 bits per heavy atom. The van der Waals surface area contributed by atoms with Crippen molar-refractivity contribution in [1.82, 2.24) is 10.2 Å². The molecule has 1 aromatic rings. The van der Waals surface area contributed by atoms with Gasteiger partial charge in [0.2, 0.25) is 5.91 Å². The van der Waals surface area contributed by atoms with Gasteiger partial charge in [-0.15, -0.1) is 24.8 Å². The van der Waals surface area contributed by atoms with Crippen molar-refractivity contribution in [2.45, 2.75) is 51.9 Å². The molecule has 8 heteroatoms. The molecule has 32 heavy (non-hydrogen) atoms. The minimum atomic E-state index is 0. The van der Waals surface area contributed by atoms with Crippen LogP contribution in [0.5, 0.6) is 11.5 Å². The maximum atomic E-state index is 12.1. The summed E-state index contributed by atoms with van der Waals surface area (Å²) in [5.41, 5.74) is 1.27. The number of nitrogens with zero attached hydrogens (tertiary/aromatic N) is 1. The van der Waals surface area contributed by atoms with Crippen LogP contribution in [0.2, 0.25) is 0 Å². The van der Waals surface area contributed by atoms with Gasteiger partial charge in [0, 0.05) is 39.1 Å². The molecule has 188 valence electrons. The predicted octanol–water partition coefficient (Wildman–Crippen LogP) is 4.76. The first kappa shape index (κ1) is 33.0. The Morgan fingerprint density at radius 3 is 2.38 bits per heavy atom. The summed E-state index contributed by atoms with van der Waals surface area (Å²) >= 11 is 0. The normalized spacial score (nSPS) is 11.3. The number of carbonyl (C=O) groups excluding carboxylic acids is 1. The largest absolute Gasteiger partial charge is 0.493 e. The Labute approximate surface area is 207 Å². The van der Waals surface area contributed by atoms with E-state index in [2.05, 4.69) is 22.3 Å². The molecule has 6 nitrogen and oxygen atoms in total. The number of benzene rings is 1. The van der Waals surface area contributed by atoms with Gasteiger partial charge in [0.05, 0.1) is 13.7 Å². The van der Waals surface area contributed by atoms with E-state index < -0.39 is 0 Å². The van der Waals surface area contributed by atoms with Crippen LogP contribution in [0.25, 0.3) is 0 Å². The summed E-state index contributed by atoms with van der Waals surface area (Å²) in [5, 5.41) is 3.01. The van der Waals surface area contributed by atoms with Crippen LogP contribution in [0.15, 0.2) is 18.2 Å². The standard InChI is InChI=1S/C24H42N2O4.2ClH/c1-20(24(27)25-15-16-26(2)3)11-8-6-7-9-12-21-13-14-22(29-5)23(19-21)30-18-10-17-28-4;;/h13-14,19-20H,6-12,15-18H2,1-5H3,(H,25,27);2*1H/t20-;;/m1../s1. The van der Waals surface area contributed by atoms with E-state index in [-0.39, 0.29) is 36.6 Å². The fourth-order valence-electron chi connectivity index (χ4n) is 3.22. The molecule has 0 radical (unpaired) electrons. The second-order valence-corrected chi connectivity index (χ2v) is 8.13. The lowest BCUT2D eigenvalue weighted by Crippen LogP contribution is -2.34. The molecule has 0 saturated heterocycles. The molecule has 0 aliphatic heterocycles.